The van der Waals surface area contributed by atoms with Crippen LogP contribution >= 0.6 is 23.4 Å². The van der Waals surface area contributed by atoms with Crippen LogP contribution in [-0.4, -0.2) is 41.6 Å². The molecule has 0 aliphatic carbocycles. The van der Waals surface area contributed by atoms with E-state index in [1.54, 1.807) is 0 Å². The number of anilines is 1. The molecule has 1 aliphatic rings. The summed E-state index contributed by atoms with van der Waals surface area (Å²) in [6, 6.07) is 7.91. The quantitative estimate of drug-likeness (QED) is 0.905. The Morgan fingerprint density at radius 2 is 2.00 bits per heavy atom. The van der Waals surface area contributed by atoms with E-state index in [0.717, 1.165) is 23.8 Å². The Hall–Kier alpha value is -0.380. The van der Waals surface area contributed by atoms with Crippen molar-refractivity contribution in [2.75, 3.05) is 37.2 Å². The van der Waals surface area contributed by atoms with Crippen molar-refractivity contribution in [3.8, 4) is 0 Å². The molecule has 0 amide bonds. The second-order valence-corrected chi connectivity index (χ2v) is 7.87. The van der Waals surface area contributed by atoms with Gasteiger partial charge < -0.3 is 10.2 Å². The van der Waals surface area contributed by atoms with E-state index in [0.29, 0.717) is 4.75 Å². The number of halogens is 1. The van der Waals surface area contributed by atoms with Crippen LogP contribution in [0.1, 0.15) is 20.3 Å². The molecule has 0 aromatic heterocycles. The summed E-state index contributed by atoms with van der Waals surface area (Å²) in [5, 5.41) is 4.24. The third-order valence-electron chi connectivity index (χ3n) is 3.53. The van der Waals surface area contributed by atoms with Gasteiger partial charge in [0.15, 0.2) is 0 Å². The first-order valence-corrected chi connectivity index (χ1v) is 8.27. The predicted molar refractivity (Wildman–Crippen MR) is 87.5 cm³/mol. The number of benzene rings is 1. The van der Waals surface area contributed by atoms with E-state index in [9.17, 15) is 0 Å². The van der Waals surface area contributed by atoms with Gasteiger partial charge in [0.25, 0.3) is 0 Å². The topological polar surface area (TPSA) is 15.3 Å². The maximum Gasteiger partial charge on any atom is 0.0407 e. The van der Waals surface area contributed by atoms with Crippen molar-refractivity contribution in [1.82, 2.24) is 4.90 Å². The third kappa shape index (κ3) is 5.25. The molecule has 1 aromatic rings. The van der Waals surface area contributed by atoms with Gasteiger partial charge >= 0.3 is 0 Å². The van der Waals surface area contributed by atoms with Crippen molar-refractivity contribution >= 4 is 29.1 Å². The number of hydrogen-bond donors (Lipinski definition) is 1. The zero-order valence-corrected chi connectivity index (χ0v) is 13.4. The van der Waals surface area contributed by atoms with Crippen molar-refractivity contribution in [3.63, 3.8) is 0 Å². The predicted octanol–water partition coefficient (Wildman–Crippen LogP) is 3.97. The van der Waals surface area contributed by atoms with E-state index in [4.69, 9.17) is 11.6 Å². The maximum atomic E-state index is 5.87. The van der Waals surface area contributed by atoms with Gasteiger partial charge in [-0.15, -0.1) is 0 Å². The zero-order chi connectivity index (χ0) is 13.7. The highest BCUT2D eigenvalue weighted by molar-refractivity contribution is 8.00. The fraction of sp³-hybridized carbons (Fsp3) is 0.600. The molecule has 0 atom stereocenters. The molecule has 4 heteroatoms. The van der Waals surface area contributed by atoms with Crippen LogP contribution in [0.15, 0.2) is 24.3 Å². The summed E-state index contributed by atoms with van der Waals surface area (Å²) in [6.07, 6.45) is 1.28. The third-order valence-corrected chi connectivity index (χ3v) is 5.16. The van der Waals surface area contributed by atoms with E-state index >= 15 is 0 Å². The second-order valence-electron chi connectivity index (χ2n) is 5.63. The average Bonchev–Trinajstić information content (AvgIpc) is 2.53. The average molecular weight is 299 g/mol. The van der Waals surface area contributed by atoms with Gasteiger partial charge in [-0.05, 0) is 37.2 Å². The molecule has 1 saturated heterocycles. The Bertz CT molecular complexity index is 392. The molecule has 1 fully saturated rings. The maximum absolute atomic E-state index is 5.87. The summed E-state index contributed by atoms with van der Waals surface area (Å²) < 4.78 is 0.443. The standard InChI is InChI=1S/C15H23ClN2S/c1-15(2)7-9-18(11-12-19-15)10-8-17-14-5-3-13(16)4-6-14/h3-6,17H,7-12H2,1-2H3. The fourth-order valence-electron chi connectivity index (χ4n) is 2.21. The second kappa shape index (κ2) is 6.87. The van der Waals surface area contributed by atoms with E-state index in [1.807, 2.05) is 24.3 Å². The van der Waals surface area contributed by atoms with Crippen molar-refractivity contribution < 1.29 is 0 Å². The molecule has 0 saturated carbocycles. The highest BCUT2D eigenvalue weighted by atomic mass is 35.5. The van der Waals surface area contributed by atoms with Gasteiger partial charge in [0.2, 0.25) is 0 Å². The Morgan fingerprint density at radius 3 is 2.74 bits per heavy atom. The lowest BCUT2D eigenvalue weighted by Gasteiger charge is -2.22. The van der Waals surface area contributed by atoms with Gasteiger partial charge in [0, 0.05) is 40.8 Å². The fourth-order valence-corrected chi connectivity index (χ4v) is 3.48. The lowest BCUT2D eigenvalue weighted by molar-refractivity contribution is 0.295. The Balaban J connectivity index is 1.72. The van der Waals surface area contributed by atoms with E-state index in [1.165, 1.54) is 25.3 Å². The van der Waals surface area contributed by atoms with Crippen LogP contribution in [0.3, 0.4) is 0 Å². The van der Waals surface area contributed by atoms with Gasteiger partial charge in [0.1, 0.15) is 0 Å². The molecular formula is C15H23ClN2S. The molecule has 0 spiro atoms. The summed E-state index contributed by atoms with van der Waals surface area (Å²) >= 11 is 7.97. The van der Waals surface area contributed by atoms with E-state index in [2.05, 4.69) is 35.8 Å². The summed E-state index contributed by atoms with van der Waals surface area (Å²) in [5.41, 5.74) is 1.15. The molecule has 106 valence electrons. The molecule has 0 bridgehead atoms. The van der Waals surface area contributed by atoms with Crippen LogP contribution in [0.4, 0.5) is 5.69 Å². The smallest absolute Gasteiger partial charge is 0.0407 e. The zero-order valence-electron chi connectivity index (χ0n) is 11.8. The van der Waals surface area contributed by atoms with Gasteiger partial charge in [-0.2, -0.15) is 11.8 Å². The molecule has 1 aliphatic heterocycles. The van der Waals surface area contributed by atoms with Crippen molar-refractivity contribution in [3.05, 3.63) is 29.3 Å². The summed E-state index contributed by atoms with van der Waals surface area (Å²) in [5.74, 6) is 1.24. The number of nitrogens with zero attached hydrogens (tertiary/aromatic N) is 1. The van der Waals surface area contributed by atoms with E-state index in [-0.39, 0.29) is 0 Å². The molecule has 2 nitrogen and oxygen atoms in total. The van der Waals surface area contributed by atoms with Crippen LogP contribution in [0.25, 0.3) is 0 Å². The van der Waals surface area contributed by atoms with Crippen LogP contribution < -0.4 is 5.32 Å². The molecule has 1 N–H and O–H groups in total. The minimum absolute atomic E-state index is 0.443. The first-order valence-electron chi connectivity index (χ1n) is 6.91. The first-order chi connectivity index (χ1) is 9.05. The van der Waals surface area contributed by atoms with Crippen molar-refractivity contribution in [1.29, 1.82) is 0 Å². The highest BCUT2D eigenvalue weighted by Gasteiger charge is 2.23. The molecule has 19 heavy (non-hydrogen) atoms. The van der Waals surface area contributed by atoms with Crippen LogP contribution in [0, 0.1) is 0 Å². The molecule has 0 radical (unpaired) electrons. The van der Waals surface area contributed by atoms with Crippen molar-refractivity contribution in [2.45, 2.75) is 25.0 Å². The molecular weight excluding hydrogens is 276 g/mol. The van der Waals surface area contributed by atoms with Crippen LogP contribution in [-0.2, 0) is 0 Å². The lowest BCUT2D eigenvalue weighted by Crippen LogP contribution is -2.31. The number of thioether (sulfide) groups is 1. The lowest BCUT2D eigenvalue weighted by atomic mass is 10.1. The van der Waals surface area contributed by atoms with Gasteiger partial charge in [-0.3, -0.25) is 0 Å². The van der Waals surface area contributed by atoms with Crippen LogP contribution in [0.5, 0.6) is 0 Å². The minimum Gasteiger partial charge on any atom is -0.384 e. The monoisotopic (exact) mass is 298 g/mol. The van der Waals surface area contributed by atoms with E-state index < -0.39 is 0 Å². The largest absolute Gasteiger partial charge is 0.384 e. The first kappa shape index (κ1) is 15.0. The van der Waals surface area contributed by atoms with Crippen LogP contribution in [0.2, 0.25) is 5.02 Å². The Morgan fingerprint density at radius 1 is 1.26 bits per heavy atom. The summed E-state index contributed by atoms with van der Waals surface area (Å²) in [7, 11) is 0. The molecule has 1 heterocycles. The Labute approximate surface area is 125 Å². The number of hydrogen-bond acceptors (Lipinski definition) is 3. The van der Waals surface area contributed by atoms with Gasteiger partial charge in [-0.1, -0.05) is 25.4 Å². The SMILES string of the molecule is CC1(C)CCN(CCNc2ccc(Cl)cc2)CCS1. The molecule has 0 unspecified atom stereocenters. The normalized spacial score (nSPS) is 19.9. The van der Waals surface area contributed by atoms with Gasteiger partial charge in [0.05, 0.1) is 0 Å². The van der Waals surface area contributed by atoms with Gasteiger partial charge in [-0.25, -0.2) is 0 Å². The summed E-state index contributed by atoms with van der Waals surface area (Å²) in [6.45, 7) is 9.23. The molecule has 2 rings (SSSR count). The van der Waals surface area contributed by atoms with Crippen molar-refractivity contribution in [2.24, 2.45) is 0 Å². The highest BCUT2D eigenvalue weighted by Crippen LogP contribution is 2.30. The Kier molecular flexibility index (Phi) is 5.43. The minimum atomic E-state index is 0.443. The molecule has 1 aromatic carbocycles. The number of rotatable bonds is 4. The summed E-state index contributed by atoms with van der Waals surface area (Å²) in [4.78, 5) is 2.56. The number of nitrogens with one attached hydrogen (secondary N) is 1.